The first-order chi connectivity index (χ1) is 9.54. The van der Waals surface area contributed by atoms with Gasteiger partial charge in [0.2, 0.25) is 0 Å². The highest BCUT2D eigenvalue weighted by atomic mass is 19.1. The van der Waals surface area contributed by atoms with E-state index in [2.05, 4.69) is 5.32 Å². The first-order valence-corrected chi connectivity index (χ1v) is 6.22. The number of nitrogens with one attached hydrogen (secondary N) is 1. The Balaban J connectivity index is 2.39. The Hall–Kier alpha value is -1.80. The smallest absolute Gasteiger partial charge is 0.272 e. The Kier molecular flexibility index (Phi) is 4.46. The zero-order valence-corrected chi connectivity index (χ0v) is 10.7. The van der Waals surface area contributed by atoms with Gasteiger partial charge in [-0.15, -0.1) is 0 Å². The number of rotatable bonds is 4. The summed E-state index contributed by atoms with van der Waals surface area (Å²) in [5.74, 6) is -1.83. The largest absolute Gasteiger partial charge is 0.505 e. The van der Waals surface area contributed by atoms with Gasteiger partial charge in [0.1, 0.15) is 6.67 Å². The van der Waals surface area contributed by atoms with Crippen LogP contribution in [-0.4, -0.2) is 47.8 Å². The molecule has 2 rings (SSSR count). The number of nitro groups is 1. The molecule has 1 atom stereocenters. The van der Waals surface area contributed by atoms with E-state index in [9.17, 15) is 24.0 Å². The van der Waals surface area contributed by atoms with Crippen molar-refractivity contribution < 1.29 is 18.8 Å². The number of halogens is 2. The number of alkyl halides is 1. The number of nitro benzene ring substituents is 1. The molecule has 0 saturated carbocycles. The molecule has 0 amide bonds. The molecule has 0 radical (unpaired) electrons. The maximum atomic E-state index is 13.6. The Morgan fingerprint density at radius 1 is 1.45 bits per heavy atom. The molecule has 1 aromatic carbocycles. The van der Waals surface area contributed by atoms with Gasteiger partial charge in [-0.1, -0.05) is 0 Å². The summed E-state index contributed by atoms with van der Waals surface area (Å²) >= 11 is 0. The predicted molar refractivity (Wildman–Crippen MR) is 67.9 cm³/mol. The number of phenols is 1. The predicted octanol–water partition coefficient (Wildman–Crippen LogP) is 1.36. The van der Waals surface area contributed by atoms with E-state index in [0.29, 0.717) is 32.2 Å². The fraction of sp³-hybridized carbons (Fsp3) is 0.500. The van der Waals surface area contributed by atoms with Crippen LogP contribution in [0.1, 0.15) is 11.6 Å². The van der Waals surface area contributed by atoms with E-state index < -0.39 is 34.9 Å². The van der Waals surface area contributed by atoms with Crippen molar-refractivity contribution in [3.8, 4) is 5.75 Å². The molecule has 1 heterocycles. The number of nitrogens with zero attached hydrogens (tertiary/aromatic N) is 2. The van der Waals surface area contributed by atoms with Gasteiger partial charge in [0.15, 0.2) is 11.6 Å². The van der Waals surface area contributed by atoms with Gasteiger partial charge in [0.25, 0.3) is 5.69 Å². The van der Waals surface area contributed by atoms with E-state index in [4.69, 9.17) is 0 Å². The lowest BCUT2D eigenvalue weighted by atomic mass is 10.0. The van der Waals surface area contributed by atoms with E-state index in [1.165, 1.54) is 0 Å². The fourth-order valence-corrected chi connectivity index (χ4v) is 2.34. The van der Waals surface area contributed by atoms with Crippen molar-refractivity contribution in [2.45, 2.75) is 6.04 Å². The van der Waals surface area contributed by atoms with Crippen LogP contribution in [-0.2, 0) is 0 Å². The molecule has 1 aromatic rings. The van der Waals surface area contributed by atoms with Gasteiger partial charge in [-0.2, -0.15) is 0 Å². The van der Waals surface area contributed by atoms with Gasteiger partial charge >= 0.3 is 0 Å². The Labute approximate surface area is 114 Å². The molecule has 6 nitrogen and oxygen atoms in total. The molecule has 0 spiro atoms. The molecule has 0 aliphatic carbocycles. The lowest BCUT2D eigenvalue weighted by Gasteiger charge is -2.33. The third kappa shape index (κ3) is 2.86. The number of hydrogen-bond acceptors (Lipinski definition) is 5. The van der Waals surface area contributed by atoms with Crippen LogP contribution < -0.4 is 5.32 Å². The fourth-order valence-electron chi connectivity index (χ4n) is 2.34. The van der Waals surface area contributed by atoms with Crippen molar-refractivity contribution in [2.75, 3.05) is 32.9 Å². The third-order valence-corrected chi connectivity index (χ3v) is 3.39. The highest BCUT2D eigenvalue weighted by Crippen LogP contribution is 2.34. The summed E-state index contributed by atoms with van der Waals surface area (Å²) in [5, 5.41) is 23.6. The van der Waals surface area contributed by atoms with Crippen molar-refractivity contribution in [3.05, 3.63) is 33.6 Å². The number of piperazine rings is 1. The van der Waals surface area contributed by atoms with E-state index in [1.54, 1.807) is 4.90 Å². The summed E-state index contributed by atoms with van der Waals surface area (Å²) in [4.78, 5) is 11.7. The molecular weight excluding hydrogens is 272 g/mol. The highest BCUT2D eigenvalue weighted by molar-refractivity contribution is 5.46. The average molecular weight is 287 g/mol. The first-order valence-electron chi connectivity index (χ1n) is 6.22. The topological polar surface area (TPSA) is 78.6 Å². The second-order valence-corrected chi connectivity index (χ2v) is 4.58. The third-order valence-electron chi connectivity index (χ3n) is 3.39. The molecule has 2 N–H and O–H groups in total. The molecule has 0 unspecified atom stereocenters. The van der Waals surface area contributed by atoms with Crippen LogP contribution in [0.25, 0.3) is 0 Å². The van der Waals surface area contributed by atoms with Gasteiger partial charge in [-0.3, -0.25) is 15.0 Å². The summed E-state index contributed by atoms with van der Waals surface area (Å²) in [6.45, 7) is 1.49. The number of non-ortho nitro benzene ring substituents is 1. The van der Waals surface area contributed by atoms with Crippen LogP contribution in [0.15, 0.2) is 12.1 Å². The van der Waals surface area contributed by atoms with E-state index in [0.717, 1.165) is 6.07 Å². The maximum absolute atomic E-state index is 13.6. The molecule has 0 bridgehead atoms. The Morgan fingerprint density at radius 3 is 2.65 bits per heavy atom. The standard InChI is InChI=1S/C12H15F2N3O3/c13-7-11(16-3-1-15-2-4-16)9-5-8(17(19)20)6-10(14)12(9)18/h5-6,11,15,18H,1-4,7H2/t11-/m0/s1. The van der Waals surface area contributed by atoms with Crippen LogP contribution in [0.3, 0.4) is 0 Å². The minimum absolute atomic E-state index is 0.0823. The van der Waals surface area contributed by atoms with E-state index >= 15 is 0 Å². The second-order valence-electron chi connectivity index (χ2n) is 4.58. The van der Waals surface area contributed by atoms with Crippen molar-refractivity contribution in [3.63, 3.8) is 0 Å². The monoisotopic (exact) mass is 287 g/mol. The van der Waals surface area contributed by atoms with Crippen molar-refractivity contribution in [2.24, 2.45) is 0 Å². The van der Waals surface area contributed by atoms with Gasteiger partial charge in [0.05, 0.1) is 17.0 Å². The molecule has 1 saturated heterocycles. The SMILES string of the molecule is O=[N+]([O-])c1cc(F)c(O)c([C@H](CF)N2CCNCC2)c1. The Morgan fingerprint density at radius 2 is 2.10 bits per heavy atom. The van der Waals surface area contributed by atoms with Crippen molar-refractivity contribution in [1.82, 2.24) is 10.2 Å². The summed E-state index contributed by atoms with van der Waals surface area (Å²) in [5.41, 5.74) is -0.579. The van der Waals surface area contributed by atoms with Crippen molar-refractivity contribution >= 4 is 5.69 Å². The minimum atomic E-state index is -1.11. The number of phenolic OH excluding ortho intramolecular Hbond substituents is 1. The van der Waals surface area contributed by atoms with Crippen LogP contribution >= 0.6 is 0 Å². The minimum Gasteiger partial charge on any atom is -0.505 e. The van der Waals surface area contributed by atoms with Gasteiger partial charge < -0.3 is 10.4 Å². The summed E-state index contributed by atoms with van der Waals surface area (Å²) in [6, 6.07) is 0.780. The van der Waals surface area contributed by atoms with Crippen molar-refractivity contribution in [1.29, 1.82) is 0 Å². The number of benzene rings is 1. The number of aromatic hydroxyl groups is 1. The van der Waals surface area contributed by atoms with Crippen LogP contribution in [0.5, 0.6) is 5.75 Å². The molecule has 110 valence electrons. The van der Waals surface area contributed by atoms with Crippen LogP contribution in [0, 0.1) is 15.9 Å². The zero-order valence-electron chi connectivity index (χ0n) is 10.7. The number of hydrogen-bond donors (Lipinski definition) is 2. The molecule has 1 aliphatic rings. The summed E-state index contributed by atoms with van der Waals surface area (Å²) in [7, 11) is 0. The second kappa shape index (κ2) is 6.10. The van der Waals surface area contributed by atoms with E-state index in [1.807, 2.05) is 0 Å². The lowest BCUT2D eigenvalue weighted by molar-refractivity contribution is -0.385. The van der Waals surface area contributed by atoms with Gasteiger partial charge in [0, 0.05) is 37.8 Å². The molecular formula is C12H15F2N3O3. The Bertz CT molecular complexity index is 507. The first kappa shape index (κ1) is 14.6. The normalized spacial score (nSPS) is 17.9. The summed E-state index contributed by atoms with van der Waals surface area (Å²) in [6.07, 6.45) is 0. The van der Waals surface area contributed by atoms with Gasteiger partial charge in [-0.05, 0) is 0 Å². The maximum Gasteiger partial charge on any atom is 0.272 e. The summed E-state index contributed by atoms with van der Waals surface area (Å²) < 4.78 is 26.9. The van der Waals surface area contributed by atoms with Crippen LogP contribution in [0.2, 0.25) is 0 Å². The molecule has 1 fully saturated rings. The average Bonchev–Trinajstić information content (AvgIpc) is 2.45. The lowest BCUT2D eigenvalue weighted by Crippen LogP contribution is -2.45. The highest BCUT2D eigenvalue weighted by Gasteiger charge is 2.28. The molecule has 0 aromatic heterocycles. The van der Waals surface area contributed by atoms with E-state index in [-0.39, 0.29) is 5.56 Å². The molecule has 1 aliphatic heterocycles. The zero-order chi connectivity index (χ0) is 14.7. The van der Waals surface area contributed by atoms with Crippen LogP contribution in [0.4, 0.5) is 14.5 Å². The molecule has 20 heavy (non-hydrogen) atoms. The molecule has 8 heteroatoms. The van der Waals surface area contributed by atoms with Gasteiger partial charge in [-0.25, -0.2) is 8.78 Å². The quantitative estimate of drug-likeness (QED) is 0.645.